The highest BCUT2D eigenvalue weighted by atomic mass is 19.1. The molecule has 0 spiro atoms. The Morgan fingerprint density at radius 2 is 1.84 bits per heavy atom. The molecule has 0 atom stereocenters. The highest BCUT2D eigenvalue weighted by Crippen LogP contribution is 2.25. The van der Waals surface area contributed by atoms with E-state index in [9.17, 15) is 8.78 Å². The van der Waals surface area contributed by atoms with Gasteiger partial charge >= 0.3 is 0 Å². The predicted molar refractivity (Wildman–Crippen MR) is 73.3 cm³/mol. The van der Waals surface area contributed by atoms with Crippen molar-refractivity contribution < 1.29 is 13.9 Å². The van der Waals surface area contributed by atoms with Gasteiger partial charge in [-0.05, 0) is 31.2 Å². The van der Waals surface area contributed by atoms with Gasteiger partial charge in [-0.3, -0.25) is 0 Å². The lowest BCUT2D eigenvalue weighted by Crippen LogP contribution is -2.29. The van der Waals surface area contributed by atoms with Gasteiger partial charge in [-0.2, -0.15) is 0 Å². The second-order valence-electron chi connectivity index (χ2n) is 4.50. The van der Waals surface area contributed by atoms with E-state index in [2.05, 4.69) is 5.32 Å². The van der Waals surface area contributed by atoms with Crippen LogP contribution >= 0.6 is 0 Å². The van der Waals surface area contributed by atoms with E-state index < -0.39 is 11.6 Å². The third kappa shape index (κ3) is 4.44. The van der Waals surface area contributed by atoms with E-state index in [1.807, 2.05) is 6.92 Å². The van der Waals surface area contributed by atoms with Crippen molar-refractivity contribution >= 4 is 5.69 Å². The Hall–Kier alpha value is -1.20. The van der Waals surface area contributed by atoms with Crippen LogP contribution in [0.25, 0.3) is 0 Å². The van der Waals surface area contributed by atoms with Gasteiger partial charge in [0.2, 0.25) is 0 Å². The van der Waals surface area contributed by atoms with E-state index >= 15 is 0 Å². The Labute approximate surface area is 113 Å². The maximum absolute atomic E-state index is 14.0. The molecule has 0 amide bonds. The largest absolute Gasteiger partial charge is 0.395 e. The Kier molecular flexibility index (Phi) is 6.73. The van der Waals surface area contributed by atoms with Gasteiger partial charge in [0, 0.05) is 19.6 Å². The minimum atomic E-state index is -0.574. The normalized spacial score (nSPS) is 10.8. The molecule has 0 saturated heterocycles. The summed E-state index contributed by atoms with van der Waals surface area (Å²) in [5.74, 6) is -1.15. The molecular weight excluding hydrogens is 250 g/mol. The van der Waals surface area contributed by atoms with Crippen molar-refractivity contribution in [3.8, 4) is 0 Å². The van der Waals surface area contributed by atoms with Crippen LogP contribution in [0.5, 0.6) is 0 Å². The molecule has 0 aromatic heterocycles. The quantitative estimate of drug-likeness (QED) is 0.762. The van der Waals surface area contributed by atoms with Crippen LogP contribution in [0.3, 0.4) is 0 Å². The highest BCUT2D eigenvalue weighted by molar-refractivity contribution is 5.50. The first kappa shape index (κ1) is 15.9. The first-order chi connectivity index (χ1) is 9.13. The van der Waals surface area contributed by atoms with Crippen molar-refractivity contribution in [3.63, 3.8) is 0 Å². The minimum absolute atomic E-state index is 0.0395. The summed E-state index contributed by atoms with van der Waals surface area (Å²) in [5.41, 5.74) is 0.531. The zero-order chi connectivity index (χ0) is 14.3. The molecule has 0 radical (unpaired) electrons. The average Bonchev–Trinajstić information content (AvgIpc) is 2.35. The van der Waals surface area contributed by atoms with Gasteiger partial charge in [0.15, 0.2) is 0 Å². The zero-order valence-electron chi connectivity index (χ0n) is 11.5. The Morgan fingerprint density at radius 3 is 2.32 bits per heavy atom. The van der Waals surface area contributed by atoms with Gasteiger partial charge in [0.05, 0.1) is 6.61 Å². The van der Waals surface area contributed by atoms with E-state index in [4.69, 9.17) is 5.11 Å². The maximum atomic E-state index is 14.0. The number of rotatable bonds is 8. The summed E-state index contributed by atoms with van der Waals surface area (Å²) >= 11 is 0. The summed E-state index contributed by atoms with van der Waals surface area (Å²) in [6.07, 6.45) is 1.76. The summed E-state index contributed by atoms with van der Waals surface area (Å²) in [6.45, 7) is 3.08. The number of hydrogen-bond donors (Lipinski definition) is 2. The lowest BCUT2D eigenvalue weighted by molar-refractivity contribution is 0.300. The number of nitrogens with one attached hydrogen (secondary N) is 1. The molecule has 1 aromatic rings. The fourth-order valence-electron chi connectivity index (χ4n) is 2.03. The van der Waals surface area contributed by atoms with Crippen molar-refractivity contribution in [1.29, 1.82) is 0 Å². The lowest BCUT2D eigenvalue weighted by atomic mass is 10.1. The Balaban J connectivity index is 3.01. The standard InChI is InChI=1S/C14H22F2N2O/c1-3-4-5-18(6-7-19)14-12(15)8-11(10-17-2)9-13(14)16/h8-9,17,19H,3-7,10H2,1-2H3. The number of anilines is 1. The summed E-state index contributed by atoms with van der Waals surface area (Å²) in [7, 11) is 1.73. The second-order valence-corrected chi connectivity index (χ2v) is 4.50. The SMILES string of the molecule is CCCCN(CCO)c1c(F)cc(CNC)cc1F. The number of halogens is 2. The van der Waals surface area contributed by atoms with E-state index in [1.165, 1.54) is 12.1 Å². The summed E-state index contributed by atoms with van der Waals surface area (Å²) in [5, 5.41) is 11.9. The van der Waals surface area contributed by atoms with Crippen LogP contribution in [0.15, 0.2) is 12.1 Å². The van der Waals surface area contributed by atoms with E-state index in [0.717, 1.165) is 12.8 Å². The third-order valence-corrected chi connectivity index (χ3v) is 2.93. The monoisotopic (exact) mass is 272 g/mol. The fraction of sp³-hybridized carbons (Fsp3) is 0.571. The molecule has 19 heavy (non-hydrogen) atoms. The molecule has 1 rings (SSSR count). The smallest absolute Gasteiger partial charge is 0.149 e. The number of unbranched alkanes of at least 4 members (excludes halogenated alkanes) is 1. The summed E-state index contributed by atoms with van der Waals surface area (Å²) in [4.78, 5) is 1.57. The molecule has 0 aliphatic heterocycles. The van der Waals surface area contributed by atoms with E-state index in [0.29, 0.717) is 18.7 Å². The number of nitrogens with zero attached hydrogens (tertiary/aromatic N) is 1. The number of aliphatic hydroxyl groups excluding tert-OH is 1. The lowest BCUT2D eigenvalue weighted by Gasteiger charge is -2.25. The molecule has 0 aliphatic carbocycles. The topological polar surface area (TPSA) is 35.5 Å². The Morgan fingerprint density at radius 1 is 1.21 bits per heavy atom. The molecule has 0 saturated carbocycles. The highest BCUT2D eigenvalue weighted by Gasteiger charge is 2.17. The molecule has 5 heteroatoms. The summed E-state index contributed by atoms with van der Waals surface area (Å²) in [6, 6.07) is 2.68. The van der Waals surface area contributed by atoms with E-state index in [1.54, 1.807) is 11.9 Å². The molecule has 0 heterocycles. The molecule has 2 N–H and O–H groups in total. The molecule has 1 aromatic carbocycles. The minimum Gasteiger partial charge on any atom is -0.395 e. The van der Waals surface area contributed by atoms with Gasteiger partial charge in [0.1, 0.15) is 17.3 Å². The predicted octanol–water partition coefficient (Wildman–Crippen LogP) is 2.28. The van der Waals surface area contributed by atoms with Gasteiger partial charge in [-0.25, -0.2) is 8.78 Å². The number of benzene rings is 1. The first-order valence-electron chi connectivity index (χ1n) is 6.62. The fourth-order valence-corrected chi connectivity index (χ4v) is 2.03. The van der Waals surface area contributed by atoms with Crippen molar-refractivity contribution in [2.45, 2.75) is 26.3 Å². The van der Waals surface area contributed by atoms with Gasteiger partial charge < -0.3 is 15.3 Å². The molecule has 0 aliphatic rings. The second kappa shape index (κ2) is 8.07. The van der Waals surface area contributed by atoms with Crippen molar-refractivity contribution in [2.75, 3.05) is 31.6 Å². The first-order valence-corrected chi connectivity index (χ1v) is 6.62. The maximum Gasteiger partial charge on any atom is 0.149 e. The molecule has 0 bridgehead atoms. The van der Waals surface area contributed by atoms with Crippen molar-refractivity contribution in [3.05, 3.63) is 29.3 Å². The zero-order valence-corrected chi connectivity index (χ0v) is 11.5. The van der Waals surface area contributed by atoms with Crippen LogP contribution in [-0.4, -0.2) is 31.9 Å². The third-order valence-electron chi connectivity index (χ3n) is 2.93. The number of aliphatic hydroxyl groups is 1. The molecular formula is C14H22F2N2O. The van der Waals surface area contributed by atoms with Crippen LogP contribution in [0, 0.1) is 11.6 Å². The van der Waals surface area contributed by atoms with Crippen LogP contribution in [0.2, 0.25) is 0 Å². The van der Waals surface area contributed by atoms with Gasteiger partial charge in [-0.1, -0.05) is 13.3 Å². The molecule has 0 unspecified atom stereocenters. The molecule has 0 fully saturated rings. The van der Waals surface area contributed by atoms with E-state index in [-0.39, 0.29) is 18.8 Å². The molecule has 3 nitrogen and oxygen atoms in total. The average molecular weight is 272 g/mol. The van der Waals surface area contributed by atoms with Crippen molar-refractivity contribution in [2.24, 2.45) is 0 Å². The van der Waals surface area contributed by atoms with Crippen LogP contribution in [0.4, 0.5) is 14.5 Å². The van der Waals surface area contributed by atoms with Crippen LogP contribution < -0.4 is 10.2 Å². The summed E-state index contributed by atoms with van der Waals surface area (Å²) < 4.78 is 28.1. The Bertz CT molecular complexity index is 376. The number of hydrogen-bond acceptors (Lipinski definition) is 3. The molecule has 108 valence electrons. The van der Waals surface area contributed by atoms with Gasteiger partial charge in [-0.15, -0.1) is 0 Å². The van der Waals surface area contributed by atoms with Crippen LogP contribution in [0.1, 0.15) is 25.3 Å². The van der Waals surface area contributed by atoms with Gasteiger partial charge in [0.25, 0.3) is 0 Å². The van der Waals surface area contributed by atoms with Crippen LogP contribution in [-0.2, 0) is 6.54 Å². The van der Waals surface area contributed by atoms with Crippen molar-refractivity contribution in [1.82, 2.24) is 5.32 Å².